The van der Waals surface area contributed by atoms with Crippen LogP contribution in [0.5, 0.6) is 0 Å². The lowest BCUT2D eigenvalue weighted by Gasteiger charge is -2.03. The van der Waals surface area contributed by atoms with E-state index >= 15 is 0 Å². The molecule has 0 aliphatic heterocycles. The van der Waals surface area contributed by atoms with Gasteiger partial charge in [0.25, 0.3) is 0 Å². The smallest absolute Gasteiger partial charge is 0.372 e. The topological polar surface area (TPSA) is 52.2 Å². The second-order valence-corrected chi connectivity index (χ2v) is 4.25. The molecule has 88 valence electrons. The first-order valence-electron chi connectivity index (χ1n) is 4.65. The minimum Gasteiger partial charge on any atom is -0.372 e. The van der Waals surface area contributed by atoms with Crippen molar-refractivity contribution in [1.29, 1.82) is 0 Å². The van der Waals surface area contributed by atoms with E-state index in [9.17, 15) is 9.59 Å². The van der Waals surface area contributed by atoms with Crippen LogP contribution in [0.15, 0.2) is 38.4 Å². The number of hydrogen-bond donors (Lipinski definition) is 0. The van der Waals surface area contributed by atoms with E-state index in [0.29, 0.717) is 15.6 Å². The van der Waals surface area contributed by atoms with Gasteiger partial charge in [-0.15, -0.1) is 0 Å². The van der Waals surface area contributed by atoms with Crippen molar-refractivity contribution in [2.75, 3.05) is 0 Å². The van der Waals surface area contributed by atoms with Gasteiger partial charge in [0.15, 0.2) is 0 Å². The molecule has 0 amide bonds. The molecule has 0 spiro atoms. The first-order valence-corrected chi connectivity index (χ1v) is 5.41. The van der Waals surface area contributed by atoms with Crippen LogP contribution in [0.1, 0.15) is 0 Å². The second kappa shape index (κ2) is 4.39. The van der Waals surface area contributed by atoms with Crippen LogP contribution in [-0.4, -0.2) is 4.57 Å². The molecule has 0 radical (unpaired) electrons. The molecule has 17 heavy (non-hydrogen) atoms. The van der Waals surface area contributed by atoms with E-state index in [4.69, 9.17) is 23.2 Å². The van der Waals surface area contributed by atoms with Gasteiger partial charge in [-0.05, 0) is 17.7 Å². The Morgan fingerprint density at radius 2 is 1.88 bits per heavy atom. The maximum atomic E-state index is 11.5. The summed E-state index contributed by atoms with van der Waals surface area (Å²) < 4.78 is 5.72. The summed E-state index contributed by atoms with van der Waals surface area (Å²) in [6.45, 7) is 0. The highest BCUT2D eigenvalue weighted by Crippen LogP contribution is 2.26. The lowest BCUT2D eigenvalue weighted by molar-refractivity contribution is 0.421. The van der Waals surface area contributed by atoms with Gasteiger partial charge in [-0.25, -0.2) is 9.59 Å². The molecule has 0 atom stereocenters. The van der Waals surface area contributed by atoms with Crippen LogP contribution in [0.25, 0.3) is 11.1 Å². The van der Waals surface area contributed by atoms with Gasteiger partial charge in [-0.1, -0.05) is 29.3 Å². The van der Waals surface area contributed by atoms with Crippen molar-refractivity contribution in [3.05, 3.63) is 55.4 Å². The van der Waals surface area contributed by atoms with E-state index in [2.05, 4.69) is 4.42 Å². The molecule has 6 heteroatoms. The quantitative estimate of drug-likeness (QED) is 0.800. The molecule has 1 aromatic heterocycles. The molecule has 1 aromatic carbocycles. The van der Waals surface area contributed by atoms with Gasteiger partial charge in [0, 0.05) is 13.2 Å². The molecule has 0 N–H and O–H groups in total. The van der Waals surface area contributed by atoms with E-state index in [1.807, 2.05) is 0 Å². The van der Waals surface area contributed by atoms with Crippen LogP contribution in [0.4, 0.5) is 0 Å². The van der Waals surface area contributed by atoms with E-state index < -0.39 is 11.4 Å². The monoisotopic (exact) mass is 271 g/mol. The Hall–Kier alpha value is -1.52. The van der Waals surface area contributed by atoms with Gasteiger partial charge in [-0.2, -0.15) is 0 Å². The highest BCUT2D eigenvalue weighted by Gasteiger charge is 2.09. The van der Waals surface area contributed by atoms with Gasteiger partial charge in [-0.3, -0.25) is 4.57 Å². The summed E-state index contributed by atoms with van der Waals surface area (Å²) in [5, 5.41) is 0.724. The number of aryl methyl sites for hydroxylation is 1. The second-order valence-electron chi connectivity index (χ2n) is 3.44. The van der Waals surface area contributed by atoms with Crippen LogP contribution >= 0.6 is 23.2 Å². The van der Waals surface area contributed by atoms with E-state index in [1.165, 1.54) is 17.8 Å². The molecule has 0 saturated heterocycles. The fraction of sp³-hybridized carbons (Fsp3) is 0.0909. The summed E-state index contributed by atoms with van der Waals surface area (Å²) in [6, 6.07) is 4.75. The fourth-order valence-electron chi connectivity index (χ4n) is 1.36. The number of hydrogen-bond acceptors (Lipinski definition) is 3. The first-order chi connectivity index (χ1) is 7.99. The lowest BCUT2D eigenvalue weighted by Crippen LogP contribution is -2.22. The molecular weight excluding hydrogens is 265 g/mol. The SMILES string of the molecule is Cn1cc(-c2ccc(Cl)c(Cl)c2)c(=O)oc1=O. The maximum Gasteiger partial charge on any atom is 0.421 e. The summed E-state index contributed by atoms with van der Waals surface area (Å²) in [7, 11) is 1.49. The summed E-state index contributed by atoms with van der Waals surface area (Å²) in [4.78, 5) is 22.6. The van der Waals surface area contributed by atoms with Crippen molar-refractivity contribution >= 4 is 23.2 Å². The molecule has 0 unspecified atom stereocenters. The van der Waals surface area contributed by atoms with Gasteiger partial charge in [0.2, 0.25) is 0 Å². The highest BCUT2D eigenvalue weighted by molar-refractivity contribution is 6.42. The predicted octanol–water partition coefficient (Wildman–Crippen LogP) is 2.31. The Bertz CT molecular complexity index is 688. The average Bonchev–Trinajstić information content (AvgIpc) is 2.27. The maximum absolute atomic E-state index is 11.5. The highest BCUT2D eigenvalue weighted by atomic mass is 35.5. The van der Waals surface area contributed by atoms with Crippen molar-refractivity contribution in [3.8, 4) is 11.1 Å². The molecule has 0 fully saturated rings. The Morgan fingerprint density at radius 3 is 2.53 bits per heavy atom. The minimum absolute atomic E-state index is 0.255. The molecule has 0 aliphatic rings. The van der Waals surface area contributed by atoms with Crippen LogP contribution in [0, 0.1) is 0 Å². The summed E-state index contributed by atoms with van der Waals surface area (Å²) in [5.41, 5.74) is 0.0981. The molecular formula is C11H7Cl2NO3. The molecule has 4 nitrogen and oxygen atoms in total. The molecule has 2 aromatic rings. The Kier molecular flexibility index (Phi) is 3.09. The van der Waals surface area contributed by atoms with Gasteiger partial charge >= 0.3 is 11.4 Å². The van der Waals surface area contributed by atoms with Crippen molar-refractivity contribution < 1.29 is 4.42 Å². The van der Waals surface area contributed by atoms with Crippen molar-refractivity contribution in [2.45, 2.75) is 0 Å². The molecule has 0 bridgehead atoms. The number of halogens is 2. The molecule has 1 heterocycles. The Balaban J connectivity index is 2.68. The standard InChI is InChI=1S/C11H7Cl2NO3/c1-14-5-7(10(15)17-11(14)16)6-2-3-8(12)9(13)4-6/h2-5H,1H3. The number of benzene rings is 1. The number of aromatic nitrogens is 1. The van der Waals surface area contributed by atoms with Crippen molar-refractivity contribution in [1.82, 2.24) is 4.57 Å². The van der Waals surface area contributed by atoms with Gasteiger partial charge in [0.05, 0.1) is 15.6 Å². The largest absolute Gasteiger partial charge is 0.421 e. The summed E-state index contributed by atoms with van der Waals surface area (Å²) in [6.07, 6.45) is 1.40. The average molecular weight is 272 g/mol. The third kappa shape index (κ3) is 2.28. The zero-order valence-corrected chi connectivity index (χ0v) is 10.2. The predicted molar refractivity (Wildman–Crippen MR) is 65.7 cm³/mol. The van der Waals surface area contributed by atoms with Crippen LogP contribution in [0.3, 0.4) is 0 Å². The minimum atomic E-state index is -0.709. The Morgan fingerprint density at radius 1 is 1.18 bits per heavy atom. The van der Waals surface area contributed by atoms with Crippen LogP contribution in [0.2, 0.25) is 10.0 Å². The molecule has 2 rings (SSSR count). The molecule has 0 aliphatic carbocycles. The zero-order chi connectivity index (χ0) is 12.6. The summed E-state index contributed by atoms with van der Waals surface area (Å²) in [5.74, 6) is -0.709. The fourth-order valence-corrected chi connectivity index (χ4v) is 1.66. The normalized spacial score (nSPS) is 10.5. The van der Waals surface area contributed by atoms with E-state index in [1.54, 1.807) is 18.2 Å². The van der Waals surface area contributed by atoms with E-state index in [-0.39, 0.29) is 5.56 Å². The zero-order valence-electron chi connectivity index (χ0n) is 8.74. The summed E-state index contributed by atoms with van der Waals surface area (Å²) >= 11 is 11.6. The van der Waals surface area contributed by atoms with Crippen molar-refractivity contribution in [2.24, 2.45) is 7.05 Å². The number of rotatable bonds is 1. The molecule has 0 saturated carbocycles. The van der Waals surface area contributed by atoms with Crippen LogP contribution in [-0.2, 0) is 7.05 Å². The lowest BCUT2D eigenvalue weighted by atomic mass is 10.1. The van der Waals surface area contributed by atoms with Gasteiger partial charge < -0.3 is 4.42 Å². The number of nitrogens with zero attached hydrogens (tertiary/aromatic N) is 1. The third-order valence-corrected chi connectivity index (χ3v) is 2.98. The van der Waals surface area contributed by atoms with Gasteiger partial charge in [0.1, 0.15) is 0 Å². The van der Waals surface area contributed by atoms with Crippen molar-refractivity contribution in [3.63, 3.8) is 0 Å². The Labute approximate surface area is 106 Å². The first kappa shape index (κ1) is 12.0. The van der Waals surface area contributed by atoms with Crippen LogP contribution < -0.4 is 11.4 Å². The van der Waals surface area contributed by atoms with E-state index in [0.717, 1.165) is 0 Å². The third-order valence-electron chi connectivity index (χ3n) is 2.24.